The van der Waals surface area contributed by atoms with Crippen molar-refractivity contribution in [2.75, 3.05) is 18.9 Å². The van der Waals surface area contributed by atoms with Crippen LogP contribution in [0.3, 0.4) is 0 Å². The topological polar surface area (TPSA) is 297 Å². The van der Waals surface area contributed by atoms with Gasteiger partial charge in [0.05, 0.1) is 30.0 Å². The third-order valence-electron chi connectivity index (χ3n) is 7.52. The van der Waals surface area contributed by atoms with Crippen molar-refractivity contribution in [3.63, 3.8) is 0 Å². The van der Waals surface area contributed by atoms with Crippen molar-refractivity contribution in [1.82, 2.24) is 34.5 Å². The fraction of sp³-hybridized carbons (Fsp3) is 0.476. The number of rotatable bonds is 3. The van der Waals surface area contributed by atoms with Gasteiger partial charge in [-0.1, -0.05) is 11.3 Å². The van der Waals surface area contributed by atoms with Crippen molar-refractivity contribution < 1.29 is 57.1 Å². The molecule has 1 aromatic carbocycles. The average molecular weight is 703 g/mol. The molecular weight excluding hydrogens is 680 g/mol. The second kappa shape index (κ2) is 11.5. The summed E-state index contributed by atoms with van der Waals surface area (Å²) in [4.78, 5) is 44.6. The van der Waals surface area contributed by atoms with Crippen molar-refractivity contribution in [1.29, 1.82) is 0 Å². The van der Waals surface area contributed by atoms with Gasteiger partial charge in [0.2, 0.25) is 0 Å². The quantitative estimate of drug-likeness (QED) is 0.101. The largest absolute Gasteiger partial charge is 0.472 e. The SMILES string of the molecule is Nc1ncnc2c1ncn2C1OC2COP(=O)(O)OC3C(O)C(COP(O)(=S)OC2C1O)OC3n1nnc2c([N+](=O)[O-])cccc21. The molecule has 3 fully saturated rings. The Bertz CT molecular complexity index is 1930. The number of non-ortho nitro benzene ring substituents is 1. The van der Waals surface area contributed by atoms with Crippen LogP contribution in [0.15, 0.2) is 30.9 Å². The zero-order chi connectivity index (χ0) is 32.5. The third-order valence-corrected chi connectivity index (χ3v) is 10.1. The molecule has 7 rings (SSSR count). The molecule has 46 heavy (non-hydrogen) atoms. The molecule has 6 N–H and O–H groups in total. The van der Waals surface area contributed by atoms with Gasteiger partial charge in [-0.25, -0.2) is 24.2 Å². The molecule has 3 saturated heterocycles. The van der Waals surface area contributed by atoms with E-state index in [2.05, 4.69) is 25.3 Å². The van der Waals surface area contributed by atoms with Crippen LogP contribution in [0.5, 0.6) is 0 Å². The molecule has 3 aromatic heterocycles. The third kappa shape index (κ3) is 5.48. The van der Waals surface area contributed by atoms with Crippen LogP contribution in [0.2, 0.25) is 0 Å². The molecule has 0 spiro atoms. The van der Waals surface area contributed by atoms with E-state index in [1.54, 1.807) is 0 Å². The van der Waals surface area contributed by atoms with Gasteiger partial charge in [0.1, 0.15) is 48.5 Å². The van der Waals surface area contributed by atoms with Crippen LogP contribution in [-0.4, -0.2) is 109 Å². The lowest BCUT2D eigenvalue weighted by atomic mass is 10.1. The summed E-state index contributed by atoms with van der Waals surface area (Å²) in [6, 6.07) is 4.00. The van der Waals surface area contributed by atoms with Gasteiger partial charge in [-0.3, -0.25) is 28.3 Å². The number of imidazole rings is 1. The Morgan fingerprint density at radius 3 is 2.54 bits per heavy atom. The number of anilines is 1. The number of nitrogens with two attached hydrogens (primary N) is 1. The molecule has 4 aromatic rings. The number of aliphatic hydroxyl groups is 2. The van der Waals surface area contributed by atoms with Crippen LogP contribution >= 0.6 is 14.5 Å². The van der Waals surface area contributed by atoms with Gasteiger partial charge in [-0.2, -0.15) is 0 Å². The highest BCUT2D eigenvalue weighted by Crippen LogP contribution is 2.54. The van der Waals surface area contributed by atoms with Crippen molar-refractivity contribution in [2.45, 2.75) is 49.1 Å². The molecule has 3 aliphatic heterocycles. The van der Waals surface area contributed by atoms with E-state index in [0.29, 0.717) is 0 Å². The summed E-state index contributed by atoms with van der Waals surface area (Å²) in [5.74, 6) is 0.0606. The first-order valence-electron chi connectivity index (χ1n) is 13.2. The number of aliphatic hydroxyl groups excluding tert-OH is 2. The van der Waals surface area contributed by atoms with E-state index in [-0.39, 0.29) is 33.7 Å². The minimum Gasteiger partial charge on any atom is -0.387 e. The van der Waals surface area contributed by atoms with E-state index in [4.69, 9.17) is 45.1 Å². The zero-order valence-electron chi connectivity index (χ0n) is 22.8. The average Bonchev–Trinajstić information content (AvgIpc) is 3.76. The molecule has 10 unspecified atom stereocenters. The number of benzene rings is 1. The summed E-state index contributed by atoms with van der Waals surface area (Å²) in [5.41, 5.74) is 5.83. The van der Waals surface area contributed by atoms with E-state index < -0.39 is 81.8 Å². The highest BCUT2D eigenvalue weighted by Gasteiger charge is 2.53. The van der Waals surface area contributed by atoms with Crippen LogP contribution in [0.4, 0.5) is 11.5 Å². The number of phosphoric acid groups is 1. The number of nitrogen functional groups attached to an aromatic ring is 1. The molecule has 2 bridgehead atoms. The summed E-state index contributed by atoms with van der Waals surface area (Å²) in [5, 5.41) is 41.5. The molecule has 0 amide bonds. The number of nitro groups is 1. The van der Waals surface area contributed by atoms with E-state index in [1.165, 1.54) is 35.4 Å². The fourth-order valence-electron chi connectivity index (χ4n) is 5.42. The van der Waals surface area contributed by atoms with Gasteiger partial charge >= 0.3 is 14.5 Å². The van der Waals surface area contributed by atoms with Crippen LogP contribution in [0.25, 0.3) is 22.2 Å². The number of hydrogen-bond acceptors (Lipinski definition) is 18. The lowest BCUT2D eigenvalue weighted by molar-refractivity contribution is -0.383. The molecule has 25 heteroatoms. The van der Waals surface area contributed by atoms with E-state index in [9.17, 15) is 34.7 Å². The Hall–Kier alpha value is -3.15. The number of ether oxygens (including phenoxy) is 2. The Morgan fingerprint density at radius 2 is 1.76 bits per heavy atom. The monoisotopic (exact) mass is 703 g/mol. The maximum atomic E-state index is 13.2. The van der Waals surface area contributed by atoms with Gasteiger partial charge in [0.25, 0.3) is 5.69 Å². The molecule has 246 valence electrons. The van der Waals surface area contributed by atoms with E-state index >= 15 is 0 Å². The minimum absolute atomic E-state index is 0.0606. The lowest BCUT2D eigenvalue weighted by Gasteiger charge is -2.26. The highest BCUT2D eigenvalue weighted by molar-refractivity contribution is 8.07. The van der Waals surface area contributed by atoms with Crippen LogP contribution in [0.1, 0.15) is 12.5 Å². The number of fused-ring (bicyclic) bond motifs is 5. The van der Waals surface area contributed by atoms with Gasteiger partial charge < -0.3 is 39.7 Å². The second-order valence-corrected chi connectivity index (χ2v) is 14.5. The van der Waals surface area contributed by atoms with Crippen molar-refractivity contribution >= 4 is 60.1 Å². The Morgan fingerprint density at radius 1 is 1.00 bits per heavy atom. The molecular formula is C21H23N9O13P2S. The van der Waals surface area contributed by atoms with Crippen molar-refractivity contribution in [3.05, 3.63) is 41.0 Å². The van der Waals surface area contributed by atoms with Crippen LogP contribution < -0.4 is 5.73 Å². The lowest BCUT2D eigenvalue weighted by Crippen LogP contribution is -2.36. The predicted octanol–water partition coefficient (Wildman–Crippen LogP) is -0.587. The Kier molecular flexibility index (Phi) is 7.88. The molecule has 0 aliphatic carbocycles. The molecule has 0 saturated carbocycles. The van der Waals surface area contributed by atoms with Crippen LogP contribution in [0, 0.1) is 10.1 Å². The molecule has 6 heterocycles. The summed E-state index contributed by atoms with van der Waals surface area (Å²) in [6.07, 6.45) is -9.52. The summed E-state index contributed by atoms with van der Waals surface area (Å²) in [6.45, 7) is -5.65. The maximum absolute atomic E-state index is 13.2. The Labute approximate surface area is 260 Å². The standard InChI is InChI=1S/C21H23N9O13P2S/c22-18-13-19(24-6-23-18)28(7-25-13)20-15(32)16-11(41-20)5-38-44(35,36)42-17-14(31)10(4-39-45(37,46)43-16)40-21(17)29-8-2-1-3-9(30(33)34)12(8)26-27-29/h1-3,6-7,10-11,14-17,20-21,31-32H,4-5H2,(H,35,36)(H,37,46)(H2,22,23,24). The van der Waals surface area contributed by atoms with Crippen molar-refractivity contribution in [3.8, 4) is 0 Å². The van der Waals surface area contributed by atoms with E-state index in [0.717, 1.165) is 4.68 Å². The van der Waals surface area contributed by atoms with Gasteiger partial charge in [0.15, 0.2) is 29.4 Å². The molecule has 0 radical (unpaired) electrons. The number of nitro benzene ring substituents is 1. The van der Waals surface area contributed by atoms with E-state index in [1.807, 2.05) is 0 Å². The highest BCUT2D eigenvalue weighted by atomic mass is 32.5. The number of nitrogens with zero attached hydrogens (tertiary/aromatic N) is 8. The summed E-state index contributed by atoms with van der Waals surface area (Å²) in [7, 11) is -5.09. The maximum Gasteiger partial charge on any atom is 0.472 e. The van der Waals surface area contributed by atoms with Gasteiger partial charge in [0, 0.05) is 6.07 Å². The van der Waals surface area contributed by atoms with Crippen LogP contribution in [-0.2, 0) is 43.9 Å². The fourth-order valence-corrected chi connectivity index (χ4v) is 7.80. The smallest absolute Gasteiger partial charge is 0.387 e. The minimum atomic E-state index is -5.09. The first-order chi connectivity index (χ1) is 21.8. The molecule has 10 atom stereocenters. The normalized spacial score (nSPS) is 37.0. The zero-order valence-corrected chi connectivity index (χ0v) is 25.4. The van der Waals surface area contributed by atoms with Crippen molar-refractivity contribution in [2.24, 2.45) is 0 Å². The second-order valence-electron chi connectivity index (χ2n) is 10.3. The predicted molar refractivity (Wildman–Crippen MR) is 152 cm³/mol. The number of aromatic nitrogens is 7. The Balaban J connectivity index is 1.20. The number of hydrogen-bond donors (Lipinski definition) is 5. The first kappa shape index (κ1) is 31.4. The summed E-state index contributed by atoms with van der Waals surface area (Å²) < 4.78 is 49.0. The van der Waals surface area contributed by atoms with Gasteiger partial charge in [-0.15, -0.1) is 5.10 Å². The summed E-state index contributed by atoms with van der Waals surface area (Å²) >= 11 is 5.17. The molecule has 22 nitrogen and oxygen atoms in total. The molecule has 3 aliphatic rings. The number of phosphoric ester groups is 1. The first-order valence-corrected chi connectivity index (χ1v) is 17.3. The van der Waals surface area contributed by atoms with Gasteiger partial charge in [-0.05, 0) is 17.9 Å².